The number of rotatable bonds is 2. The number of nitrogens with zero attached hydrogens (tertiary/aromatic N) is 3. The molecule has 4 nitrogen and oxygen atoms in total. The number of hydrogen-bond acceptors (Lipinski definition) is 3. The summed E-state index contributed by atoms with van der Waals surface area (Å²) in [6, 6.07) is 14.8. The molecule has 0 amide bonds. The van der Waals surface area contributed by atoms with E-state index >= 15 is 0 Å². The Bertz CT molecular complexity index is 854. The zero-order valence-corrected chi connectivity index (χ0v) is 12.5. The van der Waals surface area contributed by atoms with Crippen LogP contribution in [0.4, 0.5) is 5.82 Å². The third-order valence-corrected chi connectivity index (χ3v) is 3.50. The van der Waals surface area contributed by atoms with Crippen molar-refractivity contribution >= 4 is 28.5 Å². The zero-order valence-electron chi connectivity index (χ0n) is 11.7. The van der Waals surface area contributed by atoms with E-state index < -0.39 is 0 Å². The summed E-state index contributed by atoms with van der Waals surface area (Å²) in [6.45, 7) is 0. The van der Waals surface area contributed by atoms with E-state index in [1.54, 1.807) is 21.6 Å². The first-order valence-corrected chi connectivity index (χ1v) is 6.91. The molecule has 5 heteroatoms. The number of para-hydroxylation sites is 2. The molecule has 0 radical (unpaired) electrons. The van der Waals surface area contributed by atoms with Gasteiger partial charge in [0.1, 0.15) is 0 Å². The van der Waals surface area contributed by atoms with Crippen LogP contribution in [0, 0.1) is 0 Å². The summed E-state index contributed by atoms with van der Waals surface area (Å²) in [7, 11) is 3.62. The Morgan fingerprint density at radius 3 is 2.38 bits per heavy atom. The van der Waals surface area contributed by atoms with Crippen molar-refractivity contribution in [2.24, 2.45) is 0 Å². The molecule has 106 valence electrons. The molecule has 21 heavy (non-hydrogen) atoms. The van der Waals surface area contributed by atoms with Gasteiger partial charge in [-0.3, -0.25) is 9.36 Å². The molecule has 0 atom stereocenters. The summed E-state index contributed by atoms with van der Waals surface area (Å²) < 4.78 is 1.66. The van der Waals surface area contributed by atoms with Crippen molar-refractivity contribution in [1.82, 2.24) is 9.55 Å². The molecule has 0 spiro atoms. The van der Waals surface area contributed by atoms with E-state index in [2.05, 4.69) is 4.98 Å². The van der Waals surface area contributed by atoms with Gasteiger partial charge in [0.2, 0.25) is 0 Å². The molecule has 0 fully saturated rings. The Kier molecular flexibility index (Phi) is 3.39. The largest absolute Gasteiger partial charge is 0.358 e. The first-order valence-electron chi connectivity index (χ1n) is 6.53. The SMILES string of the molecule is CN(C)c1nc2ccccc2n(-c2ccc(Cl)cc2)c1=O. The third kappa shape index (κ3) is 2.38. The predicted molar refractivity (Wildman–Crippen MR) is 86.7 cm³/mol. The van der Waals surface area contributed by atoms with Gasteiger partial charge in [-0.05, 0) is 36.4 Å². The normalized spacial score (nSPS) is 10.8. The molecule has 0 bridgehead atoms. The van der Waals surface area contributed by atoms with Gasteiger partial charge in [-0.1, -0.05) is 23.7 Å². The van der Waals surface area contributed by atoms with Crippen LogP contribution < -0.4 is 10.5 Å². The third-order valence-electron chi connectivity index (χ3n) is 3.25. The Morgan fingerprint density at radius 1 is 1.05 bits per heavy atom. The number of halogens is 1. The second-order valence-corrected chi connectivity index (χ2v) is 5.37. The topological polar surface area (TPSA) is 38.1 Å². The zero-order chi connectivity index (χ0) is 15.0. The molecular weight excluding hydrogens is 286 g/mol. The first-order chi connectivity index (χ1) is 10.1. The number of anilines is 1. The van der Waals surface area contributed by atoms with E-state index in [4.69, 9.17) is 11.6 Å². The van der Waals surface area contributed by atoms with Crippen LogP contribution in [-0.2, 0) is 0 Å². The lowest BCUT2D eigenvalue weighted by Crippen LogP contribution is -2.28. The lowest BCUT2D eigenvalue weighted by Gasteiger charge is -2.16. The highest BCUT2D eigenvalue weighted by molar-refractivity contribution is 6.30. The Hall–Kier alpha value is -2.33. The van der Waals surface area contributed by atoms with Gasteiger partial charge in [0.05, 0.1) is 11.0 Å². The van der Waals surface area contributed by atoms with Crippen molar-refractivity contribution in [3.05, 3.63) is 63.9 Å². The number of hydrogen-bond donors (Lipinski definition) is 0. The fourth-order valence-corrected chi connectivity index (χ4v) is 2.38. The number of aromatic nitrogens is 2. The van der Waals surface area contributed by atoms with Gasteiger partial charge in [-0.15, -0.1) is 0 Å². The van der Waals surface area contributed by atoms with Crippen LogP contribution in [0.5, 0.6) is 0 Å². The molecular formula is C16H14ClN3O. The molecule has 0 aliphatic carbocycles. The van der Waals surface area contributed by atoms with Gasteiger partial charge in [-0.25, -0.2) is 4.98 Å². The second kappa shape index (κ2) is 5.22. The van der Waals surface area contributed by atoms with Crippen LogP contribution >= 0.6 is 11.6 Å². The summed E-state index contributed by atoms with van der Waals surface area (Å²) in [5.74, 6) is 0.406. The van der Waals surface area contributed by atoms with E-state index in [9.17, 15) is 4.79 Å². The number of benzene rings is 2. The smallest absolute Gasteiger partial charge is 0.298 e. The second-order valence-electron chi connectivity index (χ2n) is 4.94. The van der Waals surface area contributed by atoms with Crippen LogP contribution in [0.2, 0.25) is 5.02 Å². The van der Waals surface area contributed by atoms with Crippen molar-refractivity contribution in [2.45, 2.75) is 0 Å². The van der Waals surface area contributed by atoms with Gasteiger partial charge in [0.25, 0.3) is 5.56 Å². The lowest BCUT2D eigenvalue weighted by molar-refractivity contribution is 0.966. The molecule has 0 saturated carbocycles. The Labute approximate surface area is 127 Å². The average molecular weight is 300 g/mol. The Balaban J connectivity index is 2.41. The molecule has 0 aliphatic heterocycles. The molecule has 0 N–H and O–H groups in total. The van der Waals surface area contributed by atoms with Crippen molar-refractivity contribution in [3.8, 4) is 5.69 Å². The van der Waals surface area contributed by atoms with Gasteiger partial charge in [0, 0.05) is 24.8 Å². The van der Waals surface area contributed by atoms with E-state index in [0.717, 1.165) is 16.7 Å². The lowest BCUT2D eigenvalue weighted by atomic mass is 10.2. The minimum absolute atomic E-state index is 0.152. The van der Waals surface area contributed by atoms with E-state index in [-0.39, 0.29) is 5.56 Å². The quantitative estimate of drug-likeness (QED) is 0.730. The molecule has 1 aromatic heterocycles. The van der Waals surface area contributed by atoms with Gasteiger partial charge < -0.3 is 4.90 Å². The van der Waals surface area contributed by atoms with Gasteiger partial charge in [0.15, 0.2) is 5.82 Å². The summed E-state index contributed by atoms with van der Waals surface area (Å²) in [5, 5.41) is 0.637. The van der Waals surface area contributed by atoms with Crippen molar-refractivity contribution in [3.63, 3.8) is 0 Å². The molecule has 3 aromatic rings. The van der Waals surface area contributed by atoms with Crippen LogP contribution in [0.1, 0.15) is 0 Å². The van der Waals surface area contributed by atoms with E-state index in [0.29, 0.717) is 10.8 Å². The maximum Gasteiger partial charge on any atom is 0.298 e. The van der Waals surface area contributed by atoms with Crippen molar-refractivity contribution < 1.29 is 0 Å². The van der Waals surface area contributed by atoms with Crippen LogP contribution in [-0.4, -0.2) is 23.6 Å². The fraction of sp³-hybridized carbons (Fsp3) is 0.125. The predicted octanol–water partition coefficient (Wildman–Crippen LogP) is 3.11. The monoisotopic (exact) mass is 299 g/mol. The van der Waals surface area contributed by atoms with E-state index in [1.807, 2.05) is 50.5 Å². The van der Waals surface area contributed by atoms with Crippen LogP contribution in [0.25, 0.3) is 16.7 Å². The molecule has 2 aromatic carbocycles. The first kappa shape index (κ1) is 13.6. The standard InChI is InChI=1S/C16H14ClN3O/c1-19(2)15-16(21)20(12-9-7-11(17)8-10-12)14-6-4-3-5-13(14)18-15/h3-10H,1-2H3. The maximum absolute atomic E-state index is 12.7. The summed E-state index contributed by atoms with van der Waals surface area (Å²) in [6.07, 6.45) is 0. The molecule has 0 unspecified atom stereocenters. The highest BCUT2D eigenvalue weighted by Gasteiger charge is 2.13. The Morgan fingerprint density at radius 2 is 1.71 bits per heavy atom. The highest BCUT2D eigenvalue weighted by atomic mass is 35.5. The van der Waals surface area contributed by atoms with Crippen LogP contribution in [0.3, 0.4) is 0 Å². The minimum atomic E-state index is -0.152. The maximum atomic E-state index is 12.7. The summed E-state index contributed by atoms with van der Waals surface area (Å²) in [4.78, 5) is 18.9. The summed E-state index contributed by atoms with van der Waals surface area (Å²) in [5.41, 5.74) is 2.17. The number of fused-ring (bicyclic) bond motifs is 1. The fourth-order valence-electron chi connectivity index (χ4n) is 2.26. The molecule has 3 rings (SSSR count). The summed E-state index contributed by atoms with van der Waals surface area (Å²) >= 11 is 5.93. The van der Waals surface area contributed by atoms with Gasteiger partial charge in [-0.2, -0.15) is 0 Å². The molecule has 0 saturated heterocycles. The van der Waals surface area contributed by atoms with E-state index in [1.165, 1.54) is 0 Å². The highest BCUT2D eigenvalue weighted by Crippen LogP contribution is 2.19. The molecule has 1 heterocycles. The van der Waals surface area contributed by atoms with Crippen LogP contribution in [0.15, 0.2) is 53.3 Å². The average Bonchev–Trinajstić information content (AvgIpc) is 2.48. The minimum Gasteiger partial charge on any atom is -0.358 e. The van der Waals surface area contributed by atoms with Crippen molar-refractivity contribution in [1.29, 1.82) is 0 Å². The molecule has 0 aliphatic rings. The van der Waals surface area contributed by atoms with Crippen molar-refractivity contribution in [2.75, 3.05) is 19.0 Å². The van der Waals surface area contributed by atoms with Gasteiger partial charge >= 0.3 is 0 Å².